The summed E-state index contributed by atoms with van der Waals surface area (Å²) in [5, 5.41) is 12.1. The van der Waals surface area contributed by atoms with Gasteiger partial charge in [0, 0.05) is 11.1 Å². The molecule has 0 radical (unpaired) electrons. The van der Waals surface area contributed by atoms with Crippen molar-refractivity contribution in [3.8, 4) is 11.4 Å². The van der Waals surface area contributed by atoms with Crippen molar-refractivity contribution in [3.05, 3.63) is 77.6 Å². The summed E-state index contributed by atoms with van der Waals surface area (Å²) in [4.78, 5) is 9.43. The number of aliphatic hydroxyl groups is 1. The van der Waals surface area contributed by atoms with Gasteiger partial charge in [-0.1, -0.05) is 60.7 Å². The molecule has 25 heavy (non-hydrogen) atoms. The zero-order valence-corrected chi connectivity index (χ0v) is 14.1. The molecule has 2 aromatic carbocycles. The molecule has 0 unspecified atom stereocenters. The van der Waals surface area contributed by atoms with Crippen molar-refractivity contribution in [1.29, 1.82) is 0 Å². The molecular formula is C20H20N4O. The SMILES string of the molecule is Cc1nc(-c2ccccc2)n(N2CCN=C2c2ccccc2)c1CO. The maximum atomic E-state index is 9.95. The average molecular weight is 332 g/mol. The van der Waals surface area contributed by atoms with E-state index < -0.39 is 0 Å². The van der Waals surface area contributed by atoms with E-state index in [-0.39, 0.29) is 6.61 Å². The maximum absolute atomic E-state index is 9.95. The summed E-state index contributed by atoms with van der Waals surface area (Å²) in [7, 11) is 0. The molecule has 0 fully saturated rings. The van der Waals surface area contributed by atoms with E-state index in [2.05, 4.69) is 17.1 Å². The minimum atomic E-state index is -0.0652. The van der Waals surface area contributed by atoms with Gasteiger partial charge in [-0.3, -0.25) is 10.0 Å². The molecule has 5 nitrogen and oxygen atoms in total. The smallest absolute Gasteiger partial charge is 0.159 e. The highest BCUT2D eigenvalue weighted by Crippen LogP contribution is 2.25. The number of aryl methyl sites for hydroxylation is 1. The zero-order valence-electron chi connectivity index (χ0n) is 14.1. The van der Waals surface area contributed by atoms with Gasteiger partial charge in [0.15, 0.2) is 5.82 Å². The normalized spacial score (nSPS) is 14.0. The topological polar surface area (TPSA) is 53.7 Å². The van der Waals surface area contributed by atoms with Crippen LogP contribution in [0.1, 0.15) is 17.0 Å². The van der Waals surface area contributed by atoms with Gasteiger partial charge in [0.25, 0.3) is 0 Å². The molecule has 1 aliphatic rings. The molecule has 0 saturated carbocycles. The standard InChI is InChI=1S/C20H20N4O/c1-15-18(14-25)24(20(22-15)17-10-6-3-7-11-17)23-13-12-21-19(23)16-8-4-2-5-9-16/h2-11,25H,12-14H2,1H3. The Morgan fingerprint density at radius 3 is 2.24 bits per heavy atom. The minimum Gasteiger partial charge on any atom is -0.390 e. The van der Waals surface area contributed by atoms with Crippen LogP contribution in [0.4, 0.5) is 0 Å². The Labute approximate surface area is 146 Å². The lowest BCUT2D eigenvalue weighted by Crippen LogP contribution is -2.40. The summed E-state index contributed by atoms with van der Waals surface area (Å²) in [6, 6.07) is 20.2. The number of imidazole rings is 1. The average Bonchev–Trinajstić information content (AvgIpc) is 3.27. The monoisotopic (exact) mass is 332 g/mol. The Kier molecular flexibility index (Phi) is 4.07. The first-order valence-corrected chi connectivity index (χ1v) is 8.42. The molecular weight excluding hydrogens is 312 g/mol. The van der Waals surface area contributed by atoms with Crippen molar-refractivity contribution < 1.29 is 5.11 Å². The van der Waals surface area contributed by atoms with Crippen molar-refractivity contribution in [2.45, 2.75) is 13.5 Å². The van der Waals surface area contributed by atoms with Crippen molar-refractivity contribution in [3.63, 3.8) is 0 Å². The Morgan fingerprint density at radius 1 is 0.960 bits per heavy atom. The lowest BCUT2D eigenvalue weighted by atomic mass is 10.2. The Bertz CT molecular complexity index is 900. The van der Waals surface area contributed by atoms with Crippen LogP contribution in [-0.4, -0.2) is 33.7 Å². The van der Waals surface area contributed by atoms with E-state index in [0.29, 0.717) is 0 Å². The zero-order chi connectivity index (χ0) is 17.2. The molecule has 0 amide bonds. The molecule has 0 spiro atoms. The Morgan fingerprint density at radius 2 is 1.60 bits per heavy atom. The van der Waals surface area contributed by atoms with E-state index in [0.717, 1.165) is 47.3 Å². The first-order valence-electron chi connectivity index (χ1n) is 8.42. The molecule has 3 aromatic rings. The predicted molar refractivity (Wildman–Crippen MR) is 99.3 cm³/mol. The number of aliphatic imine (C=N–C) groups is 1. The van der Waals surface area contributed by atoms with E-state index in [9.17, 15) is 5.11 Å². The van der Waals surface area contributed by atoms with Gasteiger partial charge in [0.1, 0.15) is 5.84 Å². The van der Waals surface area contributed by atoms with Crippen LogP contribution in [0, 0.1) is 6.92 Å². The van der Waals surface area contributed by atoms with E-state index in [1.165, 1.54) is 0 Å². The first-order chi connectivity index (χ1) is 12.3. The fourth-order valence-corrected chi connectivity index (χ4v) is 3.23. The van der Waals surface area contributed by atoms with Crippen LogP contribution < -0.4 is 5.01 Å². The second kappa shape index (κ2) is 6.53. The molecule has 0 saturated heterocycles. The summed E-state index contributed by atoms with van der Waals surface area (Å²) >= 11 is 0. The van der Waals surface area contributed by atoms with Crippen LogP contribution in [0.2, 0.25) is 0 Å². The van der Waals surface area contributed by atoms with Gasteiger partial charge in [0.05, 0.1) is 31.1 Å². The summed E-state index contributed by atoms with van der Waals surface area (Å²) in [6.45, 7) is 3.35. The van der Waals surface area contributed by atoms with Crippen LogP contribution in [-0.2, 0) is 6.61 Å². The number of aromatic nitrogens is 2. The number of rotatable bonds is 4. The summed E-state index contributed by atoms with van der Waals surface area (Å²) in [5.41, 5.74) is 3.71. The van der Waals surface area contributed by atoms with Crippen LogP contribution in [0.15, 0.2) is 65.7 Å². The van der Waals surface area contributed by atoms with Crippen LogP contribution in [0.3, 0.4) is 0 Å². The largest absolute Gasteiger partial charge is 0.390 e. The fourth-order valence-electron chi connectivity index (χ4n) is 3.23. The van der Waals surface area contributed by atoms with Crippen LogP contribution in [0.5, 0.6) is 0 Å². The Hall–Kier alpha value is -2.92. The molecule has 2 heterocycles. The highest BCUT2D eigenvalue weighted by Gasteiger charge is 2.26. The molecule has 1 N–H and O–H groups in total. The first kappa shape index (κ1) is 15.6. The van der Waals surface area contributed by atoms with Gasteiger partial charge in [-0.05, 0) is 6.92 Å². The molecule has 0 aliphatic carbocycles. The lowest BCUT2D eigenvalue weighted by molar-refractivity contribution is 0.271. The lowest BCUT2D eigenvalue weighted by Gasteiger charge is -2.25. The second-order valence-electron chi connectivity index (χ2n) is 6.00. The summed E-state index contributed by atoms with van der Waals surface area (Å²) < 4.78 is 2.02. The molecule has 0 bridgehead atoms. The van der Waals surface area contributed by atoms with Crippen molar-refractivity contribution in [2.24, 2.45) is 4.99 Å². The Balaban J connectivity index is 1.86. The second-order valence-corrected chi connectivity index (χ2v) is 6.00. The third-order valence-electron chi connectivity index (χ3n) is 4.42. The number of hydrogen-bond donors (Lipinski definition) is 1. The number of nitrogens with zero attached hydrogens (tertiary/aromatic N) is 4. The summed E-state index contributed by atoms with van der Waals surface area (Å²) in [5.74, 6) is 1.73. The summed E-state index contributed by atoms with van der Waals surface area (Å²) in [6.07, 6.45) is 0. The maximum Gasteiger partial charge on any atom is 0.159 e. The molecule has 4 rings (SSSR count). The van der Waals surface area contributed by atoms with Gasteiger partial charge in [-0.25, -0.2) is 9.66 Å². The molecule has 1 aliphatic heterocycles. The minimum absolute atomic E-state index is 0.0652. The quantitative estimate of drug-likeness (QED) is 0.799. The third kappa shape index (κ3) is 2.72. The molecule has 126 valence electrons. The van der Waals surface area contributed by atoms with Crippen molar-refractivity contribution >= 4 is 5.84 Å². The van der Waals surface area contributed by atoms with Gasteiger partial charge in [-0.2, -0.15) is 0 Å². The molecule has 5 heteroatoms. The van der Waals surface area contributed by atoms with Gasteiger partial charge in [-0.15, -0.1) is 0 Å². The van der Waals surface area contributed by atoms with Crippen LogP contribution >= 0.6 is 0 Å². The van der Waals surface area contributed by atoms with E-state index in [4.69, 9.17) is 9.98 Å². The van der Waals surface area contributed by atoms with E-state index in [1.54, 1.807) is 0 Å². The van der Waals surface area contributed by atoms with Crippen LogP contribution in [0.25, 0.3) is 11.4 Å². The number of amidine groups is 1. The van der Waals surface area contributed by atoms with Crippen molar-refractivity contribution in [2.75, 3.05) is 18.1 Å². The molecule has 0 atom stereocenters. The number of hydrogen-bond acceptors (Lipinski definition) is 4. The van der Waals surface area contributed by atoms with E-state index >= 15 is 0 Å². The fraction of sp³-hybridized carbons (Fsp3) is 0.200. The highest BCUT2D eigenvalue weighted by atomic mass is 16.3. The predicted octanol–water partition coefficient (Wildman–Crippen LogP) is 2.75. The van der Waals surface area contributed by atoms with E-state index in [1.807, 2.05) is 60.1 Å². The third-order valence-corrected chi connectivity index (χ3v) is 4.42. The highest BCUT2D eigenvalue weighted by molar-refractivity contribution is 6.07. The van der Waals surface area contributed by atoms with Crippen molar-refractivity contribution in [1.82, 2.24) is 9.66 Å². The van der Waals surface area contributed by atoms with Gasteiger partial charge < -0.3 is 5.11 Å². The number of benzene rings is 2. The van der Waals surface area contributed by atoms with Gasteiger partial charge >= 0.3 is 0 Å². The molecule has 1 aromatic heterocycles. The number of aliphatic hydroxyl groups excluding tert-OH is 1. The van der Waals surface area contributed by atoms with Gasteiger partial charge in [0.2, 0.25) is 0 Å².